The first-order chi connectivity index (χ1) is 7.93. The van der Waals surface area contributed by atoms with Crippen molar-refractivity contribution in [3.63, 3.8) is 0 Å². The fourth-order valence-electron chi connectivity index (χ4n) is 1.48. The van der Waals surface area contributed by atoms with Gasteiger partial charge in [-0.05, 0) is 52.0 Å². The second kappa shape index (κ2) is 8.06. The van der Waals surface area contributed by atoms with Crippen molar-refractivity contribution in [1.82, 2.24) is 0 Å². The third-order valence-corrected chi connectivity index (χ3v) is 6.19. The van der Waals surface area contributed by atoms with Crippen molar-refractivity contribution >= 4 is 7.26 Å². The molecule has 104 valence electrons. The zero-order chi connectivity index (χ0) is 13.6. The Balaban J connectivity index is 0. The summed E-state index contributed by atoms with van der Waals surface area (Å²) in [6, 6.07) is 0. The summed E-state index contributed by atoms with van der Waals surface area (Å²) < 4.78 is 0. The molecule has 0 aromatic rings. The summed E-state index contributed by atoms with van der Waals surface area (Å²) in [5, 5.41) is 39.9. The van der Waals surface area contributed by atoms with Crippen molar-refractivity contribution in [3.8, 4) is 0 Å². The quantitative estimate of drug-likeness (QED) is 0.470. The largest absolute Gasteiger partial charge is 1.00 e. The maximum atomic E-state index is 9.98. The van der Waals surface area contributed by atoms with Gasteiger partial charge in [0.25, 0.3) is 29.3 Å². The van der Waals surface area contributed by atoms with Crippen LogP contribution in [-0.4, -0.2) is 20.4 Å². The monoisotopic (exact) mass is 294 g/mol. The van der Waals surface area contributed by atoms with Crippen LogP contribution in [0, 0.1) is 0 Å². The van der Waals surface area contributed by atoms with E-state index < -0.39 is 7.26 Å². The highest BCUT2D eigenvalue weighted by atomic mass is 35.5. The van der Waals surface area contributed by atoms with Crippen LogP contribution in [0.3, 0.4) is 0 Å². The number of allylic oxidation sites excluding steroid dienone is 4. The maximum absolute atomic E-state index is 9.98. The van der Waals surface area contributed by atoms with E-state index in [1.54, 1.807) is 27.7 Å². The van der Waals surface area contributed by atoms with Crippen LogP contribution in [-0.2, 0) is 0 Å². The normalized spacial score (nSPS) is 18.0. The molecule has 4 N–H and O–H groups in total. The van der Waals surface area contributed by atoms with Crippen LogP contribution >= 0.6 is 7.26 Å². The van der Waals surface area contributed by atoms with Crippen LogP contribution in [0.5, 0.6) is 0 Å². The summed E-state index contributed by atoms with van der Waals surface area (Å²) in [6.45, 7) is 6.27. The molecule has 0 bridgehead atoms. The first-order valence-corrected chi connectivity index (χ1v) is 7.04. The standard InChI is InChI=1S/C12H19O4P.ClH/c1-5-9(13)17(10(14)6-2,11(15)7-3)12(16)8-4;/h5-8H,1-4H3,(H3-,13,14,15,16);1H. The molecule has 0 fully saturated rings. The summed E-state index contributed by atoms with van der Waals surface area (Å²) in [5.41, 5.74) is -0.947. The van der Waals surface area contributed by atoms with Gasteiger partial charge in [-0.25, -0.2) is 0 Å². The first kappa shape index (κ1) is 19.2. The topological polar surface area (TPSA) is 80.9 Å². The SMILES string of the molecule is CC=C(O)[P+](C(O)=CC)(C(O)=CC)C(O)=CC.[Cl-]. The fraction of sp³-hybridized carbons (Fsp3) is 0.333. The minimum absolute atomic E-state index is 0. The molecule has 0 spiro atoms. The van der Waals surface area contributed by atoms with Gasteiger partial charge < -0.3 is 32.8 Å². The van der Waals surface area contributed by atoms with Crippen LogP contribution in [0.25, 0.3) is 0 Å². The molecular formula is C12H20ClO4P. The Hall–Kier alpha value is -1.12. The lowest BCUT2D eigenvalue weighted by molar-refractivity contribution is -0.00000764. The molecule has 18 heavy (non-hydrogen) atoms. The highest BCUT2D eigenvalue weighted by molar-refractivity contribution is 7.89. The van der Waals surface area contributed by atoms with Gasteiger partial charge in [0.15, 0.2) is 0 Å². The first-order valence-electron chi connectivity index (χ1n) is 5.25. The average Bonchev–Trinajstić information content (AvgIpc) is 2.37. The van der Waals surface area contributed by atoms with Crippen LogP contribution in [0.15, 0.2) is 46.3 Å². The van der Waals surface area contributed by atoms with Gasteiger partial charge in [0.2, 0.25) is 0 Å². The predicted molar refractivity (Wildman–Crippen MR) is 72.5 cm³/mol. The van der Waals surface area contributed by atoms with Gasteiger partial charge in [-0.1, -0.05) is 0 Å². The van der Waals surface area contributed by atoms with E-state index in [0.29, 0.717) is 0 Å². The average molecular weight is 295 g/mol. The molecule has 0 aliphatic rings. The molecule has 0 rings (SSSR count). The van der Waals surface area contributed by atoms with Crippen molar-refractivity contribution in [2.24, 2.45) is 0 Å². The summed E-state index contributed by atoms with van der Waals surface area (Å²) in [5.74, 6) is 0. The van der Waals surface area contributed by atoms with Crippen molar-refractivity contribution in [3.05, 3.63) is 46.3 Å². The summed E-state index contributed by atoms with van der Waals surface area (Å²) in [6.07, 6.45) is 5.42. The van der Waals surface area contributed by atoms with Crippen molar-refractivity contribution in [1.29, 1.82) is 0 Å². The summed E-state index contributed by atoms with van der Waals surface area (Å²) in [4.78, 5) is 0. The van der Waals surface area contributed by atoms with Gasteiger partial charge in [-0.3, -0.25) is 0 Å². The highest BCUT2D eigenvalue weighted by Gasteiger charge is 2.58. The number of aliphatic hydroxyl groups is 4. The zero-order valence-corrected chi connectivity index (χ0v) is 12.6. The molecule has 0 radical (unpaired) electrons. The Kier molecular flexibility index (Phi) is 8.61. The van der Waals surface area contributed by atoms with E-state index in [1.165, 1.54) is 24.3 Å². The Morgan fingerprint density at radius 3 is 0.889 bits per heavy atom. The van der Waals surface area contributed by atoms with Crippen molar-refractivity contribution in [2.45, 2.75) is 27.7 Å². The molecule has 0 heterocycles. The molecular weight excluding hydrogens is 275 g/mol. The second-order valence-electron chi connectivity index (χ2n) is 3.26. The molecule has 0 aliphatic heterocycles. The summed E-state index contributed by atoms with van der Waals surface area (Å²) in [7, 11) is -3.19. The Morgan fingerprint density at radius 1 is 0.611 bits per heavy atom. The van der Waals surface area contributed by atoms with Crippen molar-refractivity contribution in [2.75, 3.05) is 0 Å². The number of hydrogen-bond donors (Lipinski definition) is 4. The van der Waals surface area contributed by atoms with E-state index in [-0.39, 0.29) is 34.4 Å². The molecule has 0 amide bonds. The maximum Gasteiger partial charge on any atom is 0.290 e. The minimum Gasteiger partial charge on any atom is -1.00 e. The van der Waals surface area contributed by atoms with Gasteiger partial charge >= 0.3 is 0 Å². The highest BCUT2D eigenvalue weighted by Crippen LogP contribution is 2.79. The molecule has 4 nitrogen and oxygen atoms in total. The van der Waals surface area contributed by atoms with Crippen molar-refractivity contribution < 1.29 is 32.8 Å². The van der Waals surface area contributed by atoms with Gasteiger partial charge in [-0.2, -0.15) is 0 Å². The molecule has 0 saturated carbocycles. The lowest BCUT2D eigenvalue weighted by Gasteiger charge is -2.21. The fourth-order valence-corrected chi connectivity index (χ4v) is 4.44. The molecule has 0 unspecified atom stereocenters. The van der Waals surface area contributed by atoms with E-state index in [1.807, 2.05) is 0 Å². The molecule has 0 aliphatic carbocycles. The van der Waals surface area contributed by atoms with Crippen LogP contribution in [0.2, 0.25) is 0 Å². The van der Waals surface area contributed by atoms with Gasteiger partial charge in [0, 0.05) is 0 Å². The molecule has 0 aromatic carbocycles. The van der Waals surface area contributed by atoms with E-state index in [9.17, 15) is 20.4 Å². The molecule has 6 heteroatoms. The number of hydrogen-bond acceptors (Lipinski definition) is 4. The van der Waals surface area contributed by atoms with Gasteiger partial charge in [0.05, 0.1) is 0 Å². The predicted octanol–water partition coefficient (Wildman–Crippen LogP) is 1.69. The smallest absolute Gasteiger partial charge is 0.290 e. The Morgan fingerprint density at radius 2 is 0.778 bits per heavy atom. The minimum atomic E-state index is -3.19. The third kappa shape index (κ3) is 3.01. The van der Waals surface area contributed by atoms with E-state index in [4.69, 9.17) is 0 Å². The molecule has 0 aromatic heterocycles. The van der Waals surface area contributed by atoms with Crippen LogP contribution in [0.4, 0.5) is 0 Å². The van der Waals surface area contributed by atoms with Gasteiger partial charge in [-0.15, -0.1) is 0 Å². The van der Waals surface area contributed by atoms with E-state index in [0.717, 1.165) is 0 Å². The molecule has 0 atom stereocenters. The third-order valence-electron chi connectivity index (χ3n) is 2.41. The number of halogens is 1. The number of aliphatic hydroxyl groups excluding tert-OH is 4. The van der Waals surface area contributed by atoms with E-state index in [2.05, 4.69) is 0 Å². The Bertz CT molecular complexity index is 319. The van der Waals surface area contributed by atoms with Crippen LogP contribution < -0.4 is 12.4 Å². The molecule has 0 saturated heterocycles. The lowest BCUT2D eigenvalue weighted by Crippen LogP contribution is -3.00. The second-order valence-corrected chi connectivity index (χ2v) is 6.43. The Labute approximate surface area is 114 Å². The van der Waals surface area contributed by atoms with E-state index >= 15 is 0 Å². The number of rotatable bonds is 4. The lowest BCUT2D eigenvalue weighted by atomic mass is 10.7. The zero-order valence-electron chi connectivity index (χ0n) is 10.9. The van der Waals surface area contributed by atoms with Crippen LogP contribution in [0.1, 0.15) is 27.7 Å². The summed E-state index contributed by atoms with van der Waals surface area (Å²) >= 11 is 0. The van der Waals surface area contributed by atoms with Gasteiger partial charge in [0.1, 0.15) is 0 Å².